The lowest BCUT2D eigenvalue weighted by atomic mass is 9.94. The van der Waals surface area contributed by atoms with Gasteiger partial charge in [-0.2, -0.15) is 0 Å². The standard InChI is InChI=1S/C36H49N5O6/c1-7-22(3)30(37-5)34(43)40-31(23(4)8-2)36(45)41-19-17-29-32(41)35(44)39-27(20-24-12-10-9-11-13-24)33(42)38-18-16-25-21-26(47-29)14-15-28(25)46-6/h9-16,18,21-23,27,29-32,37H,7-8,17,19-20H2,1-6H3,(H,38,42)(H,39,44)(H,40,43)/b18-16+/t22-,23+,27+,29+,30+,31+,32+/m1/s1. The van der Waals surface area contributed by atoms with E-state index >= 15 is 0 Å². The molecular weight excluding hydrogens is 598 g/mol. The van der Waals surface area contributed by atoms with Crippen LogP contribution < -0.4 is 30.7 Å². The first kappa shape index (κ1) is 35.5. The molecule has 2 bridgehead atoms. The van der Waals surface area contributed by atoms with Crippen molar-refractivity contribution in [2.45, 2.75) is 83.6 Å². The van der Waals surface area contributed by atoms with Crippen molar-refractivity contribution >= 4 is 29.7 Å². The van der Waals surface area contributed by atoms with Crippen LogP contribution in [-0.4, -0.2) is 79.5 Å². The molecule has 4 N–H and O–H groups in total. The Morgan fingerprint density at radius 1 is 1.02 bits per heavy atom. The molecule has 2 aromatic rings. The second kappa shape index (κ2) is 16.4. The number of nitrogens with one attached hydrogen (secondary N) is 4. The Hall–Kier alpha value is -4.38. The molecule has 0 aromatic heterocycles. The van der Waals surface area contributed by atoms with Gasteiger partial charge in [-0.3, -0.25) is 19.2 Å². The largest absolute Gasteiger partial charge is 0.496 e. The van der Waals surface area contributed by atoms with Crippen LogP contribution in [0, 0.1) is 11.8 Å². The summed E-state index contributed by atoms with van der Waals surface area (Å²) >= 11 is 0. The maximum absolute atomic E-state index is 14.4. The highest BCUT2D eigenvalue weighted by Crippen LogP contribution is 2.30. The molecule has 4 rings (SSSR count). The first-order valence-corrected chi connectivity index (χ1v) is 16.6. The molecule has 4 amide bonds. The Labute approximate surface area is 277 Å². The van der Waals surface area contributed by atoms with Gasteiger partial charge in [0, 0.05) is 31.1 Å². The number of carbonyl (C=O) groups is 4. The van der Waals surface area contributed by atoms with E-state index in [1.54, 1.807) is 38.4 Å². The van der Waals surface area contributed by atoms with Crippen molar-refractivity contribution in [3.63, 3.8) is 0 Å². The fourth-order valence-corrected chi connectivity index (χ4v) is 6.18. The third-order valence-corrected chi connectivity index (χ3v) is 9.37. The Bertz CT molecular complexity index is 1430. The molecule has 2 heterocycles. The van der Waals surface area contributed by atoms with Crippen LogP contribution in [-0.2, 0) is 25.6 Å². The zero-order valence-corrected chi connectivity index (χ0v) is 28.2. The quantitative estimate of drug-likeness (QED) is 0.294. The number of hydrogen-bond donors (Lipinski definition) is 4. The number of amides is 4. The second-order valence-corrected chi connectivity index (χ2v) is 12.4. The van der Waals surface area contributed by atoms with Gasteiger partial charge in [0.2, 0.25) is 23.6 Å². The molecule has 2 aliphatic heterocycles. The highest BCUT2D eigenvalue weighted by atomic mass is 16.5. The molecule has 2 aliphatic rings. The van der Waals surface area contributed by atoms with Gasteiger partial charge in [0.25, 0.3) is 0 Å². The molecule has 0 unspecified atom stereocenters. The summed E-state index contributed by atoms with van der Waals surface area (Å²) in [6, 6.07) is 11.4. The van der Waals surface area contributed by atoms with Gasteiger partial charge in [0.05, 0.1) is 13.2 Å². The van der Waals surface area contributed by atoms with E-state index in [0.717, 1.165) is 12.0 Å². The van der Waals surface area contributed by atoms with Crippen LogP contribution in [0.25, 0.3) is 6.08 Å². The minimum absolute atomic E-state index is 0.0509. The SMILES string of the molecule is CC[C@@H](C)[C@H](NC)C(=O)N[C@H](C(=O)N1CC[C@@H]2Oc3ccc(OC)c(c3)/C=C/NC(=O)[C@H](Cc3ccccc3)NC(=O)[C@H]21)[C@@H](C)CC. The van der Waals surface area contributed by atoms with Gasteiger partial charge in [0.15, 0.2) is 0 Å². The minimum atomic E-state index is -1.05. The number of ether oxygens (including phenoxy) is 2. The van der Waals surface area contributed by atoms with Crippen molar-refractivity contribution in [1.82, 2.24) is 26.2 Å². The van der Waals surface area contributed by atoms with E-state index in [9.17, 15) is 19.2 Å². The Morgan fingerprint density at radius 3 is 2.38 bits per heavy atom. The maximum atomic E-state index is 14.4. The van der Waals surface area contributed by atoms with E-state index < -0.39 is 42.1 Å². The molecule has 11 heteroatoms. The Morgan fingerprint density at radius 2 is 1.72 bits per heavy atom. The maximum Gasteiger partial charge on any atom is 0.247 e. The summed E-state index contributed by atoms with van der Waals surface area (Å²) in [6.07, 6.45) is 4.56. The molecule has 1 saturated heterocycles. The fraction of sp³-hybridized carbons (Fsp3) is 0.500. The topological polar surface area (TPSA) is 138 Å². The summed E-state index contributed by atoms with van der Waals surface area (Å²) in [4.78, 5) is 57.1. The van der Waals surface area contributed by atoms with Crippen molar-refractivity contribution < 1.29 is 28.7 Å². The average Bonchev–Trinajstić information content (AvgIpc) is 3.50. The van der Waals surface area contributed by atoms with Crippen molar-refractivity contribution in [2.75, 3.05) is 20.7 Å². The molecule has 7 atom stereocenters. The van der Waals surface area contributed by atoms with Gasteiger partial charge in [-0.1, -0.05) is 70.9 Å². The average molecular weight is 648 g/mol. The highest BCUT2D eigenvalue weighted by molar-refractivity contribution is 5.96. The lowest BCUT2D eigenvalue weighted by Gasteiger charge is -2.34. The fourth-order valence-electron chi connectivity index (χ4n) is 6.18. The lowest BCUT2D eigenvalue weighted by molar-refractivity contribution is -0.145. The molecule has 47 heavy (non-hydrogen) atoms. The third-order valence-electron chi connectivity index (χ3n) is 9.37. The summed E-state index contributed by atoms with van der Waals surface area (Å²) in [5.74, 6) is -0.610. The normalized spacial score (nSPS) is 22.8. The summed E-state index contributed by atoms with van der Waals surface area (Å²) < 4.78 is 11.9. The predicted molar refractivity (Wildman–Crippen MR) is 180 cm³/mol. The number of likely N-dealkylation sites (N-methyl/N-ethyl adjacent to an activating group) is 1. The van der Waals surface area contributed by atoms with Crippen LogP contribution in [0.4, 0.5) is 0 Å². The van der Waals surface area contributed by atoms with Crippen LogP contribution in [0.2, 0.25) is 0 Å². The van der Waals surface area contributed by atoms with Crippen LogP contribution >= 0.6 is 0 Å². The van der Waals surface area contributed by atoms with Gasteiger partial charge in [0.1, 0.15) is 35.7 Å². The van der Waals surface area contributed by atoms with Crippen molar-refractivity contribution in [2.24, 2.45) is 11.8 Å². The van der Waals surface area contributed by atoms with Gasteiger partial charge in [-0.15, -0.1) is 0 Å². The highest BCUT2D eigenvalue weighted by Gasteiger charge is 2.47. The first-order valence-electron chi connectivity index (χ1n) is 16.6. The number of carbonyl (C=O) groups excluding carboxylic acids is 4. The number of fused-ring (bicyclic) bond motifs is 3. The third kappa shape index (κ3) is 8.51. The smallest absolute Gasteiger partial charge is 0.247 e. The molecule has 0 saturated carbocycles. The predicted octanol–water partition coefficient (Wildman–Crippen LogP) is 3.04. The number of benzene rings is 2. The van der Waals surface area contributed by atoms with Crippen molar-refractivity contribution in [1.29, 1.82) is 0 Å². The van der Waals surface area contributed by atoms with E-state index in [4.69, 9.17) is 9.47 Å². The van der Waals surface area contributed by atoms with E-state index in [2.05, 4.69) is 21.3 Å². The number of nitrogens with zero attached hydrogens (tertiary/aromatic N) is 1. The van der Waals surface area contributed by atoms with Gasteiger partial charge in [-0.25, -0.2) is 0 Å². The van der Waals surface area contributed by atoms with E-state index in [1.807, 2.05) is 58.0 Å². The van der Waals surface area contributed by atoms with Crippen LogP contribution in [0.15, 0.2) is 54.7 Å². The van der Waals surface area contributed by atoms with Crippen LogP contribution in [0.1, 0.15) is 58.1 Å². The van der Waals surface area contributed by atoms with Crippen LogP contribution in [0.3, 0.4) is 0 Å². The summed E-state index contributed by atoms with van der Waals surface area (Å²) in [5, 5.41) is 11.8. The second-order valence-electron chi connectivity index (χ2n) is 12.4. The van der Waals surface area contributed by atoms with E-state index in [-0.39, 0.29) is 36.6 Å². The molecule has 0 aliphatic carbocycles. The number of likely N-dealkylation sites (tertiary alicyclic amines) is 1. The molecular formula is C36H49N5O6. The molecule has 0 spiro atoms. The van der Waals surface area contributed by atoms with E-state index in [1.165, 1.54) is 11.1 Å². The van der Waals surface area contributed by atoms with Gasteiger partial charge < -0.3 is 35.6 Å². The summed E-state index contributed by atoms with van der Waals surface area (Å²) in [5.41, 5.74) is 1.53. The molecule has 11 nitrogen and oxygen atoms in total. The Balaban J connectivity index is 1.71. The molecule has 2 aromatic carbocycles. The van der Waals surface area contributed by atoms with Crippen LogP contribution in [0.5, 0.6) is 11.5 Å². The first-order chi connectivity index (χ1) is 22.6. The minimum Gasteiger partial charge on any atom is -0.496 e. The zero-order chi connectivity index (χ0) is 34.1. The monoisotopic (exact) mass is 647 g/mol. The Kier molecular flexibility index (Phi) is 12.4. The summed E-state index contributed by atoms with van der Waals surface area (Å²) in [6.45, 7) is 8.12. The van der Waals surface area contributed by atoms with Gasteiger partial charge in [-0.05, 0) is 48.7 Å². The summed E-state index contributed by atoms with van der Waals surface area (Å²) in [7, 11) is 3.29. The van der Waals surface area contributed by atoms with Gasteiger partial charge >= 0.3 is 0 Å². The number of rotatable bonds is 11. The molecule has 0 radical (unpaired) electrons. The molecule has 1 fully saturated rings. The zero-order valence-electron chi connectivity index (χ0n) is 28.2. The lowest BCUT2D eigenvalue weighted by Crippen LogP contribution is -2.61. The van der Waals surface area contributed by atoms with Crippen molar-refractivity contribution in [3.05, 3.63) is 65.9 Å². The van der Waals surface area contributed by atoms with Crippen molar-refractivity contribution in [3.8, 4) is 11.5 Å². The van der Waals surface area contributed by atoms with E-state index in [0.29, 0.717) is 29.9 Å². The number of methoxy groups -OCH3 is 1. The number of hydrogen-bond acceptors (Lipinski definition) is 7. The molecule has 254 valence electrons.